The summed E-state index contributed by atoms with van der Waals surface area (Å²) < 4.78 is 0. The van der Waals surface area contributed by atoms with Crippen molar-refractivity contribution in [3.8, 4) is 0 Å². The van der Waals surface area contributed by atoms with Crippen LogP contribution in [0.5, 0.6) is 0 Å². The number of hydrogen-bond acceptors (Lipinski definition) is 1. The third kappa shape index (κ3) is 3.25. The van der Waals surface area contributed by atoms with Gasteiger partial charge in [-0.1, -0.05) is 24.3 Å². The molecule has 0 heterocycles. The topological polar surface area (TPSA) is 20.3 Å². The summed E-state index contributed by atoms with van der Waals surface area (Å²) in [6, 6.07) is 9.57. The highest BCUT2D eigenvalue weighted by Crippen LogP contribution is 2.29. The molecule has 1 aliphatic carbocycles. The van der Waals surface area contributed by atoms with Crippen LogP contribution in [0.1, 0.15) is 56.8 Å². The van der Waals surface area contributed by atoms with Gasteiger partial charge in [0.1, 0.15) is 0 Å². The van der Waals surface area contributed by atoms with E-state index in [1.54, 1.807) is 0 Å². The molecule has 1 aromatic carbocycles. The molecule has 1 aromatic rings. The molecule has 2 nitrogen and oxygen atoms in total. The molecule has 0 aromatic heterocycles. The molecule has 2 heteroatoms. The molecule has 0 fully saturated rings. The molecule has 0 unspecified atom stereocenters. The van der Waals surface area contributed by atoms with Gasteiger partial charge in [0.2, 0.25) is 0 Å². The minimum Gasteiger partial charge on any atom is -0.307 e. The number of carbonyl (C=O) groups excluding carboxylic acids is 1. The van der Waals surface area contributed by atoms with E-state index in [2.05, 4.69) is 26.8 Å². The SMILES string of the molecule is CC(C)(C)N(C(=O)c1ccccc1)C1=CCCCC1. The van der Waals surface area contributed by atoms with E-state index in [4.69, 9.17) is 0 Å². The Morgan fingerprint density at radius 2 is 1.79 bits per heavy atom. The van der Waals surface area contributed by atoms with E-state index in [0.29, 0.717) is 0 Å². The van der Waals surface area contributed by atoms with Crippen molar-refractivity contribution in [1.29, 1.82) is 0 Å². The molecule has 0 saturated heterocycles. The van der Waals surface area contributed by atoms with Gasteiger partial charge in [-0.15, -0.1) is 0 Å². The predicted octanol–water partition coefficient (Wildman–Crippen LogP) is 4.39. The number of hydrogen-bond donors (Lipinski definition) is 0. The third-order valence-corrected chi connectivity index (χ3v) is 3.45. The Kier molecular flexibility index (Phi) is 4.08. The molecule has 102 valence electrons. The van der Waals surface area contributed by atoms with E-state index in [9.17, 15) is 4.79 Å². The van der Waals surface area contributed by atoms with Crippen molar-refractivity contribution in [2.24, 2.45) is 0 Å². The van der Waals surface area contributed by atoms with Crippen molar-refractivity contribution in [1.82, 2.24) is 4.90 Å². The first-order valence-corrected chi connectivity index (χ1v) is 7.09. The zero-order valence-electron chi connectivity index (χ0n) is 12.1. The van der Waals surface area contributed by atoms with E-state index in [0.717, 1.165) is 18.4 Å². The fourth-order valence-electron chi connectivity index (χ4n) is 2.60. The van der Waals surface area contributed by atoms with Gasteiger partial charge in [-0.25, -0.2) is 0 Å². The Morgan fingerprint density at radius 1 is 1.11 bits per heavy atom. The molecule has 1 aliphatic rings. The summed E-state index contributed by atoms with van der Waals surface area (Å²) in [6.45, 7) is 6.30. The maximum absolute atomic E-state index is 12.8. The van der Waals surface area contributed by atoms with E-state index in [1.165, 1.54) is 18.5 Å². The van der Waals surface area contributed by atoms with Crippen molar-refractivity contribution in [2.75, 3.05) is 0 Å². The molecule has 0 spiro atoms. The number of amides is 1. The average molecular weight is 257 g/mol. The van der Waals surface area contributed by atoms with Crippen LogP contribution < -0.4 is 0 Å². The number of nitrogens with zero attached hydrogens (tertiary/aromatic N) is 1. The fraction of sp³-hybridized carbons (Fsp3) is 0.471. The minimum atomic E-state index is -0.184. The van der Waals surface area contributed by atoms with Gasteiger partial charge in [0.25, 0.3) is 5.91 Å². The van der Waals surface area contributed by atoms with Crippen LogP contribution in [0.2, 0.25) is 0 Å². The molecule has 2 rings (SSSR count). The molecule has 0 saturated carbocycles. The van der Waals surface area contributed by atoms with Gasteiger partial charge in [0.15, 0.2) is 0 Å². The molecule has 0 aliphatic heterocycles. The van der Waals surface area contributed by atoms with E-state index >= 15 is 0 Å². The third-order valence-electron chi connectivity index (χ3n) is 3.45. The van der Waals surface area contributed by atoms with E-state index in [1.807, 2.05) is 35.2 Å². The summed E-state index contributed by atoms with van der Waals surface area (Å²) >= 11 is 0. The van der Waals surface area contributed by atoms with Crippen LogP contribution in [0.3, 0.4) is 0 Å². The largest absolute Gasteiger partial charge is 0.307 e. The van der Waals surface area contributed by atoms with E-state index < -0.39 is 0 Å². The first kappa shape index (κ1) is 13.9. The normalized spacial score (nSPS) is 15.8. The zero-order valence-corrected chi connectivity index (χ0v) is 12.1. The van der Waals surface area contributed by atoms with Gasteiger partial charge < -0.3 is 4.90 Å². The van der Waals surface area contributed by atoms with Crippen LogP contribution in [0.25, 0.3) is 0 Å². The average Bonchev–Trinajstić information content (AvgIpc) is 2.39. The Balaban J connectivity index is 2.33. The lowest BCUT2D eigenvalue weighted by atomic mass is 9.97. The Morgan fingerprint density at radius 3 is 2.32 bits per heavy atom. The highest BCUT2D eigenvalue weighted by molar-refractivity contribution is 5.95. The smallest absolute Gasteiger partial charge is 0.258 e. The Hall–Kier alpha value is -1.57. The van der Waals surface area contributed by atoms with Crippen LogP contribution in [-0.4, -0.2) is 16.3 Å². The molecular weight excluding hydrogens is 234 g/mol. The Bertz CT molecular complexity index is 468. The maximum atomic E-state index is 12.8. The van der Waals surface area contributed by atoms with Crippen LogP contribution in [0, 0.1) is 0 Å². The van der Waals surface area contributed by atoms with Crippen molar-refractivity contribution in [3.63, 3.8) is 0 Å². The second-order valence-corrected chi connectivity index (χ2v) is 6.12. The number of rotatable bonds is 2. The summed E-state index contributed by atoms with van der Waals surface area (Å²) in [5.41, 5.74) is 1.77. The molecule has 0 bridgehead atoms. The summed E-state index contributed by atoms with van der Waals surface area (Å²) in [5, 5.41) is 0. The highest BCUT2D eigenvalue weighted by atomic mass is 16.2. The first-order chi connectivity index (χ1) is 9.00. The van der Waals surface area contributed by atoms with Crippen molar-refractivity contribution in [2.45, 2.75) is 52.0 Å². The monoisotopic (exact) mass is 257 g/mol. The molecule has 0 atom stereocenters. The highest BCUT2D eigenvalue weighted by Gasteiger charge is 2.30. The molecule has 0 radical (unpaired) electrons. The lowest BCUT2D eigenvalue weighted by Gasteiger charge is -2.38. The molecular formula is C17H23NO. The summed E-state index contributed by atoms with van der Waals surface area (Å²) in [5.74, 6) is 0.112. The van der Waals surface area contributed by atoms with Crippen molar-refractivity contribution < 1.29 is 4.79 Å². The van der Waals surface area contributed by atoms with Crippen molar-refractivity contribution in [3.05, 3.63) is 47.7 Å². The second-order valence-electron chi connectivity index (χ2n) is 6.12. The summed E-state index contributed by atoms with van der Waals surface area (Å²) in [4.78, 5) is 14.7. The molecule has 1 amide bonds. The van der Waals surface area contributed by atoms with Crippen molar-refractivity contribution >= 4 is 5.91 Å². The lowest BCUT2D eigenvalue weighted by molar-refractivity contribution is 0.0661. The molecule has 19 heavy (non-hydrogen) atoms. The second kappa shape index (κ2) is 5.60. The van der Waals surface area contributed by atoms with Crippen LogP contribution in [-0.2, 0) is 0 Å². The standard InChI is InChI=1S/C17H23NO/c1-17(2,3)18(15-12-8-5-9-13-15)16(19)14-10-6-4-7-11-14/h4,6-7,10-12H,5,8-9,13H2,1-3H3. The van der Waals surface area contributed by atoms with Crippen LogP contribution >= 0.6 is 0 Å². The number of allylic oxidation sites excluding steroid dienone is 2. The predicted molar refractivity (Wildman–Crippen MR) is 78.9 cm³/mol. The van der Waals surface area contributed by atoms with Gasteiger partial charge >= 0.3 is 0 Å². The zero-order chi connectivity index (χ0) is 13.9. The Labute approximate surface area is 116 Å². The molecule has 0 N–H and O–H groups in total. The first-order valence-electron chi connectivity index (χ1n) is 7.09. The van der Waals surface area contributed by atoms with Crippen LogP contribution in [0.15, 0.2) is 42.1 Å². The lowest BCUT2D eigenvalue weighted by Crippen LogP contribution is -2.45. The fourth-order valence-corrected chi connectivity index (χ4v) is 2.60. The van der Waals surface area contributed by atoms with Gasteiger partial charge in [0, 0.05) is 16.8 Å². The van der Waals surface area contributed by atoms with Gasteiger partial charge in [-0.2, -0.15) is 0 Å². The van der Waals surface area contributed by atoms with Crippen LogP contribution in [0.4, 0.5) is 0 Å². The van der Waals surface area contributed by atoms with Gasteiger partial charge in [-0.3, -0.25) is 4.79 Å². The number of carbonyl (C=O) groups is 1. The quantitative estimate of drug-likeness (QED) is 0.769. The van der Waals surface area contributed by atoms with E-state index in [-0.39, 0.29) is 11.4 Å². The summed E-state index contributed by atoms with van der Waals surface area (Å²) in [6.07, 6.45) is 6.75. The van der Waals surface area contributed by atoms with Gasteiger partial charge in [-0.05, 0) is 58.6 Å². The maximum Gasteiger partial charge on any atom is 0.258 e. The summed E-state index contributed by atoms with van der Waals surface area (Å²) in [7, 11) is 0. The minimum absolute atomic E-state index is 0.112. The number of benzene rings is 1. The van der Waals surface area contributed by atoms with Gasteiger partial charge in [0.05, 0.1) is 0 Å².